The number of hydrogen-bond donors (Lipinski definition) is 1. The van der Waals surface area contributed by atoms with Crippen molar-refractivity contribution >= 4 is 35.0 Å². The maximum atomic E-state index is 12.9. The Labute approximate surface area is 166 Å². The minimum atomic E-state index is -0.333. The van der Waals surface area contributed by atoms with Crippen LogP contribution in [0.15, 0.2) is 53.7 Å². The van der Waals surface area contributed by atoms with E-state index in [2.05, 4.69) is 16.3 Å². The number of carbonyl (C=O) groups is 1. The van der Waals surface area contributed by atoms with Crippen LogP contribution in [0.4, 0.5) is 5.69 Å². The Hall–Kier alpha value is -2.51. The molecule has 0 fully saturated rings. The summed E-state index contributed by atoms with van der Waals surface area (Å²) in [5.74, 6) is 6.74. The van der Waals surface area contributed by atoms with Gasteiger partial charge in [0.25, 0.3) is 0 Å². The zero-order valence-electron chi connectivity index (χ0n) is 14.7. The van der Waals surface area contributed by atoms with Gasteiger partial charge < -0.3 is 10.7 Å². The van der Waals surface area contributed by atoms with E-state index in [0.29, 0.717) is 22.5 Å². The lowest BCUT2D eigenvalue weighted by atomic mass is 10.2. The first kappa shape index (κ1) is 17.9. The van der Waals surface area contributed by atoms with E-state index in [4.69, 9.17) is 17.4 Å². The summed E-state index contributed by atoms with van der Waals surface area (Å²) in [5, 5.41) is 9.12. The van der Waals surface area contributed by atoms with Gasteiger partial charge in [-0.1, -0.05) is 41.6 Å². The van der Waals surface area contributed by atoms with Gasteiger partial charge in [0.15, 0.2) is 5.82 Å². The fourth-order valence-electron chi connectivity index (χ4n) is 3.15. The molecule has 0 saturated carbocycles. The van der Waals surface area contributed by atoms with Crippen LogP contribution < -0.4 is 10.7 Å². The SMILES string of the molecule is C[C@@H](Sc1nnc(-c2ccc(Cl)cc2)n1N)C(=O)N1CCc2ccccc21. The van der Waals surface area contributed by atoms with Gasteiger partial charge in [-0.05, 0) is 49.2 Å². The smallest absolute Gasteiger partial charge is 0.240 e. The third-order valence-corrected chi connectivity index (χ3v) is 5.85. The molecule has 2 aromatic carbocycles. The van der Waals surface area contributed by atoms with Crippen molar-refractivity contribution < 1.29 is 4.79 Å². The van der Waals surface area contributed by atoms with Gasteiger partial charge in [-0.2, -0.15) is 0 Å². The number of rotatable bonds is 4. The Balaban J connectivity index is 1.51. The number of nitrogen functional groups attached to an aromatic ring is 1. The summed E-state index contributed by atoms with van der Waals surface area (Å²) in [6.07, 6.45) is 0.882. The van der Waals surface area contributed by atoms with Gasteiger partial charge in [0, 0.05) is 22.8 Å². The van der Waals surface area contributed by atoms with Crippen LogP contribution in [0, 0.1) is 0 Å². The van der Waals surface area contributed by atoms with Crippen LogP contribution in [0.25, 0.3) is 11.4 Å². The third-order valence-electron chi connectivity index (χ3n) is 4.55. The lowest BCUT2D eigenvalue weighted by Crippen LogP contribution is -2.35. The second-order valence-electron chi connectivity index (χ2n) is 6.31. The quantitative estimate of drug-likeness (QED) is 0.537. The predicted octanol–water partition coefficient (Wildman–Crippen LogP) is 3.38. The summed E-state index contributed by atoms with van der Waals surface area (Å²) in [4.78, 5) is 14.8. The van der Waals surface area contributed by atoms with E-state index in [-0.39, 0.29) is 11.2 Å². The molecule has 1 atom stereocenters. The van der Waals surface area contributed by atoms with Gasteiger partial charge in [0.05, 0.1) is 5.25 Å². The number of hydrogen-bond acceptors (Lipinski definition) is 5. The molecule has 3 aromatic rings. The molecule has 2 N–H and O–H groups in total. The maximum Gasteiger partial charge on any atom is 0.240 e. The summed E-state index contributed by atoms with van der Waals surface area (Å²) in [5.41, 5.74) is 3.01. The van der Waals surface area contributed by atoms with Crippen LogP contribution in [0.5, 0.6) is 0 Å². The topological polar surface area (TPSA) is 77.0 Å². The van der Waals surface area contributed by atoms with Gasteiger partial charge in [0.2, 0.25) is 11.1 Å². The fourth-order valence-corrected chi connectivity index (χ4v) is 4.11. The molecule has 1 aliphatic rings. The highest BCUT2D eigenvalue weighted by atomic mass is 35.5. The maximum absolute atomic E-state index is 12.9. The first-order chi connectivity index (χ1) is 13.0. The second kappa shape index (κ2) is 7.25. The number of benzene rings is 2. The molecule has 2 heterocycles. The minimum Gasteiger partial charge on any atom is -0.335 e. The Bertz CT molecular complexity index is 988. The monoisotopic (exact) mass is 399 g/mol. The average Bonchev–Trinajstić information content (AvgIpc) is 3.26. The second-order valence-corrected chi connectivity index (χ2v) is 8.06. The Morgan fingerprint density at radius 2 is 1.93 bits per heavy atom. The highest BCUT2D eigenvalue weighted by Crippen LogP contribution is 2.31. The van der Waals surface area contributed by atoms with E-state index in [1.165, 1.54) is 22.0 Å². The number of halogens is 1. The van der Waals surface area contributed by atoms with Crippen molar-refractivity contribution in [2.45, 2.75) is 23.8 Å². The fraction of sp³-hybridized carbons (Fsp3) is 0.211. The van der Waals surface area contributed by atoms with Gasteiger partial charge >= 0.3 is 0 Å². The van der Waals surface area contributed by atoms with Crippen LogP contribution in [0.3, 0.4) is 0 Å². The number of para-hydroxylation sites is 1. The number of nitrogens with zero attached hydrogens (tertiary/aromatic N) is 4. The van der Waals surface area contributed by atoms with Gasteiger partial charge in [0.1, 0.15) is 0 Å². The van der Waals surface area contributed by atoms with Gasteiger partial charge in [-0.15, -0.1) is 10.2 Å². The first-order valence-electron chi connectivity index (χ1n) is 8.57. The number of anilines is 1. The average molecular weight is 400 g/mol. The molecule has 27 heavy (non-hydrogen) atoms. The van der Waals surface area contributed by atoms with Gasteiger partial charge in [-0.25, -0.2) is 4.68 Å². The van der Waals surface area contributed by atoms with E-state index >= 15 is 0 Å². The first-order valence-corrected chi connectivity index (χ1v) is 9.82. The normalized spacial score (nSPS) is 14.2. The van der Waals surface area contributed by atoms with Crippen LogP contribution >= 0.6 is 23.4 Å². The van der Waals surface area contributed by atoms with Crippen molar-refractivity contribution in [3.05, 3.63) is 59.1 Å². The van der Waals surface area contributed by atoms with Crippen LogP contribution in [0.2, 0.25) is 5.02 Å². The number of aromatic nitrogens is 3. The number of thioether (sulfide) groups is 1. The van der Waals surface area contributed by atoms with Crippen molar-refractivity contribution in [1.29, 1.82) is 0 Å². The zero-order valence-corrected chi connectivity index (χ0v) is 16.2. The van der Waals surface area contributed by atoms with Crippen molar-refractivity contribution in [2.24, 2.45) is 0 Å². The summed E-state index contributed by atoms with van der Waals surface area (Å²) < 4.78 is 1.41. The molecule has 4 rings (SSSR count). The lowest BCUT2D eigenvalue weighted by molar-refractivity contribution is -0.117. The summed E-state index contributed by atoms with van der Waals surface area (Å²) in [6, 6.07) is 15.2. The van der Waals surface area contributed by atoms with E-state index in [0.717, 1.165) is 17.7 Å². The largest absolute Gasteiger partial charge is 0.335 e. The Morgan fingerprint density at radius 3 is 2.70 bits per heavy atom. The van der Waals surface area contributed by atoms with E-state index in [1.807, 2.05) is 42.2 Å². The van der Waals surface area contributed by atoms with Crippen molar-refractivity contribution in [2.75, 3.05) is 17.3 Å². The number of nitrogens with two attached hydrogens (primary N) is 1. The number of amides is 1. The molecule has 0 radical (unpaired) electrons. The molecule has 0 saturated heterocycles. The van der Waals surface area contributed by atoms with Crippen LogP contribution in [-0.2, 0) is 11.2 Å². The van der Waals surface area contributed by atoms with E-state index in [9.17, 15) is 4.79 Å². The molecular weight excluding hydrogens is 382 g/mol. The standard InChI is InChI=1S/C19H18ClN5OS/c1-12(18(26)24-11-10-13-4-2-3-5-16(13)24)27-19-23-22-17(25(19)21)14-6-8-15(20)9-7-14/h2-9,12H,10-11,21H2,1H3/t12-/m1/s1. The van der Waals surface area contributed by atoms with Crippen LogP contribution in [0.1, 0.15) is 12.5 Å². The molecule has 138 valence electrons. The van der Waals surface area contributed by atoms with Crippen molar-refractivity contribution in [1.82, 2.24) is 14.9 Å². The summed E-state index contributed by atoms with van der Waals surface area (Å²) in [6.45, 7) is 2.57. The molecule has 0 unspecified atom stereocenters. The lowest BCUT2D eigenvalue weighted by Gasteiger charge is -2.21. The number of carbonyl (C=O) groups excluding carboxylic acids is 1. The minimum absolute atomic E-state index is 0.0426. The van der Waals surface area contributed by atoms with Gasteiger partial charge in [-0.3, -0.25) is 4.79 Å². The molecule has 0 aliphatic carbocycles. The highest BCUT2D eigenvalue weighted by molar-refractivity contribution is 8.00. The zero-order chi connectivity index (χ0) is 19.0. The summed E-state index contributed by atoms with van der Waals surface area (Å²) in [7, 11) is 0. The highest BCUT2D eigenvalue weighted by Gasteiger charge is 2.29. The molecule has 1 aromatic heterocycles. The molecular formula is C19H18ClN5OS. The molecule has 0 bridgehead atoms. The molecule has 1 aliphatic heterocycles. The Morgan fingerprint density at radius 1 is 1.19 bits per heavy atom. The van der Waals surface area contributed by atoms with E-state index in [1.54, 1.807) is 12.1 Å². The molecule has 0 spiro atoms. The Kier molecular flexibility index (Phi) is 4.80. The van der Waals surface area contributed by atoms with Crippen molar-refractivity contribution in [3.8, 4) is 11.4 Å². The van der Waals surface area contributed by atoms with Crippen LogP contribution in [-0.4, -0.2) is 32.6 Å². The molecule has 6 nitrogen and oxygen atoms in total. The third kappa shape index (κ3) is 3.40. The predicted molar refractivity (Wildman–Crippen MR) is 108 cm³/mol. The van der Waals surface area contributed by atoms with E-state index < -0.39 is 0 Å². The number of fused-ring (bicyclic) bond motifs is 1. The molecule has 1 amide bonds. The summed E-state index contributed by atoms with van der Waals surface area (Å²) >= 11 is 7.23. The molecule has 8 heteroatoms. The van der Waals surface area contributed by atoms with Crippen molar-refractivity contribution in [3.63, 3.8) is 0 Å².